The summed E-state index contributed by atoms with van der Waals surface area (Å²) in [5.41, 5.74) is 1.06. The molecule has 1 aliphatic rings. The second-order valence-electron chi connectivity index (χ2n) is 6.37. The molecule has 0 aliphatic carbocycles. The van der Waals surface area contributed by atoms with Crippen molar-refractivity contribution in [3.63, 3.8) is 0 Å². The van der Waals surface area contributed by atoms with Gasteiger partial charge >= 0.3 is 5.97 Å². The lowest BCUT2D eigenvalue weighted by Gasteiger charge is -2.36. The first kappa shape index (κ1) is 21.0. The molecule has 2 rings (SSSR count). The van der Waals surface area contributed by atoms with Gasteiger partial charge in [0.15, 0.2) is 5.96 Å². The standard InChI is InChI=1S/C19H27ClN4O3/c1-21-19(22-10-4-3-5-18(26)27-2)24-12-11-23(17(25)14-24)13-15-6-8-16(20)9-7-15/h6-9H,3-5,10-14H2,1-2H3,(H,21,22). The van der Waals surface area contributed by atoms with Crippen molar-refractivity contribution in [1.82, 2.24) is 15.1 Å². The maximum Gasteiger partial charge on any atom is 0.305 e. The number of benzene rings is 1. The molecule has 1 aliphatic heterocycles. The average molecular weight is 395 g/mol. The number of amides is 1. The van der Waals surface area contributed by atoms with Gasteiger partial charge in [-0.25, -0.2) is 0 Å². The van der Waals surface area contributed by atoms with Crippen LogP contribution in [0.4, 0.5) is 0 Å². The van der Waals surface area contributed by atoms with E-state index in [-0.39, 0.29) is 11.9 Å². The zero-order valence-electron chi connectivity index (χ0n) is 15.9. The Bertz CT molecular complexity index is 663. The van der Waals surface area contributed by atoms with Crippen molar-refractivity contribution < 1.29 is 14.3 Å². The molecule has 0 unspecified atom stereocenters. The summed E-state index contributed by atoms with van der Waals surface area (Å²) >= 11 is 5.91. The molecule has 0 radical (unpaired) electrons. The highest BCUT2D eigenvalue weighted by molar-refractivity contribution is 6.30. The Labute approximate surface area is 165 Å². The van der Waals surface area contributed by atoms with Crippen molar-refractivity contribution in [3.05, 3.63) is 34.9 Å². The van der Waals surface area contributed by atoms with Gasteiger partial charge in [0.05, 0.1) is 13.7 Å². The largest absolute Gasteiger partial charge is 0.469 e. The second kappa shape index (κ2) is 10.8. The van der Waals surface area contributed by atoms with Gasteiger partial charge in [0.2, 0.25) is 5.91 Å². The van der Waals surface area contributed by atoms with Crippen LogP contribution in [-0.4, -0.2) is 68.0 Å². The molecule has 0 bridgehead atoms. The van der Waals surface area contributed by atoms with Gasteiger partial charge in [-0.15, -0.1) is 0 Å². The van der Waals surface area contributed by atoms with E-state index in [1.54, 1.807) is 7.05 Å². The van der Waals surface area contributed by atoms with Gasteiger partial charge in [-0.05, 0) is 30.5 Å². The minimum Gasteiger partial charge on any atom is -0.469 e. The predicted molar refractivity (Wildman–Crippen MR) is 106 cm³/mol. The van der Waals surface area contributed by atoms with E-state index in [0.717, 1.165) is 24.9 Å². The molecule has 0 aromatic heterocycles. The molecule has 1 aromatic rings. The summed E-state index contributed by atoms with van der Waals surface area (Å²) < 4.78 is 4.62. The molecule has 1 N–H and O–H groups in total. The van der Waals surface area contributed by atoms with Gasteiger partial charge in [-0.2, -0.15) is 0 Å². The fraction of sp³-hybridized carbons (Fsp3) is 0.526. The number of unbranched alkanes of at least 4 members (excludes halogenated alkanes) is 1. The van der Waals surface area contributed by atoms with Crippen LogP contribution in [0.5, 0.6) is 0 Å². The topological polar surface area (TPSA) is 74.2 Å². The van der Waals surface area contributed by atoms with Crippen molar-refractivity contribution in [2.24, 2.45) is 4.99 Å². The van der Waals surface area contributed by atoms with Crippen LogP contribution in [-0.2, 0) is 20.9 Å². The fourth-order valence-corrected chi connectivity index (χ4v) is 3.02. The lowest BCUT2D eigenvalue weighted by Crippen LogP contribution is -2.55. The molecule has 0 spiro atoms. The van der Waals surface area contributed by atoms with Crippen molar-refractivity contribution in [3.8, 4) is 0 Å². The summed E-state index contributed by atoms with van der Waals surface area (Å²) in [7, 11) is 3.10. The summed E-state index contributed by atoms with van der Waals surface area (Å²) in [5.74, 6) is 0.596. The molecule has 0 saturated carbocycles. The van der Waals surface area contributed by atoms with E-state index >= 15 is 0 Å². The molecule has 0 atom stereocenters. The van der Waals surface area contributed by atoms with Gasteiger partial charge in [0.1, 0.15) is 0 Å². The molecule has 148 valence electrons. The second-order valence-corrected chi connectivity index (χ2v) is 6.81. The van der Waals surface area contributed by atoms with Crippen LogP contribution < -0.4 is 5.32 Å². The first-order valence-electron chi connectivity index (χ1n) is 9.08. The normalized spacial score (nSPS) is 15.1. The highest BCUT2D eigenvalue weighted by Gasteiger charge is 2.25. The Kier molecular flexibility index (Phi) is 8.39. The molecule has 27 heavy (non-hydrogen) atoms. The van der Waals surface area contributed by atoms with E-state index < -0.39 is 0 Å². The number of guanidine groups is 1. The van der Waals surface area contributed by atoms with Crippen molar-refractivity contribution in [2.75, 3.05) is 40.3 Å². The van der Waals surface area contributed by atoms with Gasteiger partial charge in [-0.3, -0.25) is 14.6 Å². The lowest BCUT2D eigenvalue weighted by atomic mass is 10.2. The third-order valence-corrected chi connectivity index (χ3v) is 4.69. The van der Waals surface area contributed by atoms with Crippen molar-refractivity contribution in [1.29, 1.82) is 0 Å². The first-order chi connectivity index (χ1) is 13.0. The minimum atomic E-state index is -0.193. The highest BCUT2D eigenvalue weighted by atomic mass is 35.5. The Balaban J connectivity index is 1.76. The molecule has 7 nitrogen and oxygen atoms in total. The fourth-order valence-electron chi connectivity index (χ4n) is 2.90. The van der Waals surface area contributed by atoms with E-state index in [4.69, 9.17) is 11.6 Å². The number of ether oxygens (including phenoxy) is 1. The molecule has 1 fully saturated rings. The number of hydrogen-bond acceptors (Lipinski definition) is 4. The minimum absolute atomic E-state index is 0.0739. The van der Waals surface area contributed by atoms with Crippen LogP contribution in [0.2, 0.25) is 5.02 Å². The van der Waals surface area contributed by atoms with Gasteiger partial charge in [0, 0.05) is 44.7 Å². The number of hydrogen-bond donors (Lipinski definition) is 1. The zero-order valence-corrected chi connectivity index (χ0v) is 16.7. The summed E-state index contributed by atoms with van der Waals surface area (Å²) in [4.78, 5) is 31.7. The Hall–Kier alpha value is -2.28. The number of esters is 1. The smallest absolute Gasteiger partial charge is 0.305 e. The third-order valence-electron chi connectivity index (χ3n) is 4.44. The van der Waals surface area contributed by atoms with Gasteiger partial charge in [-0.1, -0.05) is 23.7 Å². The van der Waals surface area contributed by atoms with E-state index in [2.05, 4.69) is 15.0 Å². The lowest BCUT2D eigenvalue weighted by molar-refractivity contribution is -0.140. The molecule has 1 amide bonds. The van der Waals surface area contributed by atoms with Crippen LogP contribution in [0.1, 0.15) is 24.8 Å². The number of methoxy groups -OCH3 is 1. The quantitative estimate of drug-likeness (QED) is 0.331. The number of carbonyl (C=O) groups excluding carboxylic acids is 2. The summed E-state index contributed by atoms with van der Waals surface area (Å²) in [5, 5.41) is 3.95. The van der Waals surface area contributed by atoms with Gasteiger partial charge in [0.25, 0.3) is 0 Å². The predicted octanol–water partition coefficient (Wildman–Crippen LogP) is 1.90. The van der Waals surface area contributed by atoms with Gasteiger partial charge < -0.3 is 19.9 Å². The van der Waals surface area contributed by atoms with Crippen LogP contribution in [0.15, 0.2) is 29.3 Å². The maximum atomic E-state index is 12.5. The Morgan fingerprint density at radius 3 is 2.63 bits per heavy atom. The third kappa shape index (κ3) is 6.75. The summed E-state index contributed by atoms with van der Waals surface area (Å²) in [6.07, 6.45) is 2.00. The number of carbonyl (C=O) groups is 2. The van der Waals surface area contributed by atoms with E-state index in [9.17, 15) is 9.59 Å². The molecule has 1 saturated heterocycles. The van der Waals surface area contributed by atoms with Crippen molar-refractivity contribution >= 4 is 29.4 Å². The van der Waals surface area contributed by atoms with Crippen LogP contribution >= 0.6 is 11.6 Å². The van der Waals surface area contributed by atoms with E-state index in [0.29, 0.717) is 43.6 Å². The van der Waals surface area contributed by atoms with Crippen LogP contribution in [0, 0.1) is 0 Å². The molecule has 1 heterocycles. The zero-order chi connectivity index (χ0) is 19.6. The monoisotopic (exact) mass is 394 g/mol. The average Bonchev–Trinajstić information content (AvgIpc) is 2.67. The SMILES string of the molecule is CN=C(NCCCCC(=O)OC)N1CCN(Cc2ccc(Cl)cc2)C(=O)C1. The summed E-state index contributed by atoms with van der Waals surface area (Å²) in [6.45, 7) is 2.95. The number of nitrogens with one attached hydrogen (secondary N) is 1. The Morgan fingerprint density at radius 2 is 2.00 bits per heavy atom. The molecular formula is C19H27ClN4O3. The highest BCUT2D eigenvalue weighted by Crippen LogP contribution is 2.13. The molecule has 8 heteroatoms. The Morgan fingerprint density at radius 1 is 1.26 bits per heavy atom. The van der Waals surface area contributed by atoms with Crippen LogP contribution in [0.3, 0.4) is 0 Å². The number of rotatable bonds is 7. The number of halogens is 1. The van der Waals surface area contributed by atoms with E-state index in [1.165, 1.54) is 7.11 Å². The molecule has 1 aromatic carbocycles. The molecular weight excluding hydrogens is 368 g/mol. The van der Waals surface area contributed by atoms with E-state index in [1.807, 2.05) is 34.1 Å². The summed E-state index contributed by atoms with van der Waals surface area (Å²) in [6, 6.07) is 7.56. The number of piperazine rings is 1. The maximum absolute atomic E-state index is 12.5. The number of aliphatic imine (C=N–C) groups is 1. The number of nitrogens with zero attached hydrogens (tertiary/aromatic N) is 3. The van der Waals surface area contributed by atoms with Crippen LogP contribution in [0.25, 0.3) is 0 Å². The van der Waals surface area contributed by atoms with Crippen molar-refractivity contribution in [2.45, 2.75) is 25.8 Å². The first-order valence-corrected chi connectivity index (χ1v) is 9.46.